The number of hydrogen-bond acceptors (Lipinski definition) is 7. The number of ether oxygens (including phenoxy) is 1. The largest absolute Gasteiger partial charge is 0.445 e. The molecule has 124 valence electrons. The Bertz CT molecular complexity index is 620. The number of aromatic nitrogens is 1. The molecule has 0 bridgehead atoms. The molecule has 0 radical (unpaired) electrons. The number of carbonyl (C=O) groups is 1. The second-order valence-corrected chi connectivity index (χ2v) is 5.98. The Kier molecular flexibility index (Phi) is 6.33. The van der Waals surface area contributed by atoms with Gasteiger partial charge < -0.3 is 26.0 Å². The highest BCUT2D eigenvalue weighted by Gasteiger charge is 2.20. The maximum atomic E-state index is 11.5. The van der Waals surface area contributed by atoms with Crippen LogP contribution in [0.4, 0.5) is 9.93 Å². The van der Waals surface area contributed by atoms with E-state index >= 15 is 0 Å². The van der Waals surface area contributed by atoms with Gasteiger partial charge >= 0.3 is 6.09 Å². The van der Waals surface area contributed by atoms with Crippen molar-refractivity contribution >= 4 is 22.6 Å². The van der Waals surface area contributed by atoms with Crippen LogP contribution < -0.4 is 11.1 Å². The number of nitrogens with two attached hydrogens (primary N) is 1. The van der Waals surface area contributed by atoms with E-state index in [-0.39, 0.29) is 19.6 Å². The third kappa shape index (κ3) is 5.51. The quantitative estimate of drug-likeness (QED) is 0.607. The van der Waals surface area contributed by atoms with Gasteiger partial charge in [-0.1, -0.05) is 41.7 Å². The molecular weight excluding hydrogens is 318 g/mol. The molecule has 2 unspecified atom stereocenters. The van der Waals surface area contributed by atoms with Gasteiger partial charge in [-0.3, -0.25) is 0 Å². The zero-order chi connectivity index (χ0) is 16.7. The minimum Gasteiger partial charge on any atom is -0.445 e. The third-order valence-corrected chi connectivity index (χ3v) is 4.02. The number of nitrogens with zero attached hydrogens (tertiary/aromatic N) is 1. The van der Waals surface area contributed by atoms with Crippen LogP contribution in [0.15, 0.2) is 36.5 Å². The standard InChI is InChI=1S/C15H19N3O4S/c16-14-18-8-12(23-14)13(20)11(19)6-7-17-15(21)22-9-10-4-2-1-3-5-10/h1-5,8,11,13,19-20H,6-7,9H2,(H2,16,18)(H,17,21). The molecule has 0 spiro atoms. The monoisotopic (exact) mass is 337 g/mol. The first-order chi connectivity index (χ1) is 11.1. The second-order valence-electron chi connectivity index (χ2n) is 4.89. The van der Waals surface area contributed by atoms with E-state index in [2.05, 4.69) is 10.3 Å². The topological polar surface area (TPSA) is 118 Å². The number of benzene rings is 1. The summed E-state index contributed by atoms with van der Waals surface area (Å²) in [4.78, 5) is 15.8. The van der Waals surface area contributed by atoms with E-state index in [0.717, 1.165) is 16.9 Å². The molecule has 1 heterocycles. The molecule has 0 aliphatic carbocycles. The van der Waals surface area contributed by atoms with Crippen molar-refractivity contribution in [2.45, 2.75) is 25.2 Å². The Morgan fingerprint density at radius 2 is 2.09 bits per heavy atom. The zero-order valence-corrected chi connectivity index (χ0v) is 13.2. The van der Waals surface area contributed by atoms with Crippen LogP contribution in [0, 0.1) is 0 Å². The van der Waals surface area contributed by atoms with Crippen LogP contribution in [-0.4, -0.2) is 33.9 Å². The lowest BCUT2D eigenvalue weighted by Gasteiger charge is -2.16. The summed E-state index contributed by atoms with van der Waals surface area (Å²) < 4.78 is 5.04. The number of aliphatic hydroxyl groups excluding tert-OH is 2. The number of thiazole rings is 1. The molecular formula is C15H19N3O4S. The second kappa shape index (κ2) is 8.47. The molecule has 1 aromatic carbocycles. The van der Waals surface area contributed by atoms with Gasteiger partial charge in [0.2, 0.25) is 0 Å². The van der Waals surface area contributed by atoms with E-state index in [9.17, 15) is 15.0 Å². The number of aliphatic hydroxyl groups is 2. The summed E-state index contributed by atoms with van der Waals surface area (Å²) in [6, 6.07) is 9.32. The average molecular weight is 337 g/mol. The van der Waals surface area contributed by atoms with Gasteiger partial charge in [0.1, 0.15) is 12.7 Å². The van der Waals surface area contributed by atoms with Crippen molar-refractivity contribution in [2.75, 3.05) is 12.3 Å². The summed E-state index contributed by atoms with van der Waals surface area (Å²) in [7, 11) is 0. The molecule has 2 aromatic rings. The minimum absolute atomic E-state index is 0.179. The Balaban J connectivity index is 1.66. The maximum absolute atomic E-state index is 11.5. The summed E-state index contributed by atoms with van der Waals surface area (Å²) in [6.07, 6.45) is -1.07. The lowest BCUT2D eigenvalue weighted by atomic mass is 10.1. The van der Waals surface area contributed by atoms with Crippen LogP contribution in [0.2, 0.25) is 0 Å². The van der Waals surface area contributed by atoms with Crippen LogP contribution >= 0.6 is 11.3 Å². The lowest BCUT2D eigenvalue weighted by Crippen LogP contribution is -2.29. The van der Waals surface area contributed by atoms with Crippen LogP contribution in [0.25, 0.3) is 0 Å². The third-order valence-electron chi connectivity index (χ3n) is 3.12. The molecule has 2 atom stereocenters. The highest BCUT2D eigenvalue weighted by Crippen LogP contribution is 2.25. The first-order valence-electron chi connectivity index (χ1n) is 7.08. The van der Waals surface area contributed by atoms with E-state index in [1.165, 1.54) is 6.20 Å². The highest BCUT2D eigenvalue weighted by atomic mass is 32.1. The average Bonchev–Trinajstić information content (AvgIpc) is 2.99. The molecule has 0 aliphatic rings. The fourth-order valence-corrected chi connectivity index (χ4v) is 2.61. The van der Waals surface area contributed by atoms with Gasteiger partial charge in [0.15, 0.2) is 5.13 Å². The predicted octanol–water partition coefficient (Wildman–Crippen LogP) is 1.44. The molecule has 5 N–H and O–H groups in total. The van der Waals surface area contributed by atoms with Gasteiger partial charge in [-0.2, -0.15) is 0 Å². The van der Waals surface area contributed by atoms with Crippen LogP contribution in [-0.2, 0) is 11.3 Å². The number of rotatable bonds is 7. The van der Waals surface area contributed by atoms with E-state index in [0.29, 0.717) is 10.0 Å². The lowest BCUT2D eigenvalue weighted by molar-refractivity contribution is 0.0156. The Morgan fingerprint density at radius 3 is 2.74 bits per heavy atom. The predicted molar refractivity (Wildman–Crippen MR) is 86.7 cm³/mol. The molecule has 0 aliphatic heterocycles. The number of alkyl carbamates (subject to hydrolysis) is 1. The summed E-state index contributed by atoms with van der Waals surface area (Å²) in [5.41, 5.74) is 6.37. The van der Waals surface area contributed by atoms with Gasteiger partial charge in [-0.15, -0.1) is 0 Å². The van der Waals surface area contributed by atoms with E-state index in [1.54, 1.807) is 0 Å². The van der Waals surface area contributed by atoms with Gasteiger partial charge in [-0.25, -0.2) is 9.78 Å². The van der Waals surface area contributed by atoms with Crippen molar-refractivity contribution in [1.29, 1.82) is 0 Å². The maximum Gasteiger partial charge on any atom is 0.407 e. The van der Waals surface area contributed by atoms with Crippen LogP contribution in [0.3, 0.4) is 0 Å². The van der Waals surface area contributed by atoms with Crippen molar-refractivity contribution in [3.63, 3.8) is 0 Å². The van der Waals surface area contributed by atoms with Gasteiger partial charge in [0, 0.05) is 12.7 Å². The SMILES string of the molecule is Nc1ncc(C(O)C(O)CCNC(=O)OCc2ccccc2)s1. The molecule has 0 saturated carbocycles. The van der Waals surface area contributed by atoms with Crippen molar-refractivity contribution < 1.29 is 19.7 Å². The number of nitrogens with one attached hydrogen (secondary N) is 1. The van der Waals surface area contributed by atoms with Gasteiger partial charge in [0.05, 0.1) is 11.0 Å². The van der Waals surface area contributed by atoms with Crippen LogP contribution in [0.5, 0.6) is 0 Å². The first kappa shape index (κ1) is 17.2. The number of anilines is 1. The van der Waals surface area contributed by atoms with Crippen LogP contribution in [0.1, 0.15) is 23.0 Å². The fraction of sp³-hybridized carbons (Fsp3) is 0.333. The molecule has 1 amide bonds. The Morgan fingerprint density at radius 1 is 1.35 bits per heavy atom. The smallest absolute Gasteiger partial charge is 0.407 e. The van der Waals surface area contributed by atoms with E-state index in [1.807, 2.05) is 30.3 Å². The molecule has 23 heavy (non-hydrogen) atoms. The molecule has 8 heteroatoms. The number of amides is 1. The molecule has 1 aromatic heterocycles. The normalized spacial score (nSPS) is 13.3. The van der Waals surface area contributed by atoms with Crippen molar-refractivity contribution in [1.82, 2.24) is 10.3 Å². The molecule has 0 saturated heterocycles. The number of hydrogen-bond donors (Lipinski definition) is 4. The van der Waals surface area contributed by atoms with Gasteiger partial charge in [-0.05, 0) is 12.0 Å². The number of carbonyl (C=O) groups excluding carboxylic acids is 1. The van der Waals surface area contributed by atoms with E-state index < -0.39 is 18.3 Å². The highest BCUT2D eigenvalue weighted by molar-refractivity contribution is 7.15. The molecule has 7 nitrogen and oxygen atoms in total. The summed E-state index contributed by atoms with van der Waals surface area (Å²) in [5.74, 6) is 0. The van der Waals surface area contributed by atoms with Crippen molar-refractivity contribution in [2.24, 2.45) is 0 Å². The first-order valence-corrected chi connectivity index (χ1v) is 7.90. The van der Waals surface area contributed by atoms with Crippen molar-refractivity contribution in [3.05, 3.63) is 47.0 Å². The summed E-state index contributed by atoms with van der Waals surface area (Å²) in [5, 5.41) is 22.7. The van der Waals surface area contributed by atoms with E-state index in [4.69, 9.17) is 10.5 Å². The van der Waals surface area contributed by atoms with Gasteiger partial charge in [0.25, 0.3) is 0 Å². The molecule has 0 fully saturated rings. The summed E-state index contributed by atoms with van der Waals surface area (Å²) >= 11 is 1.11. The zero-order valence-electron chi connectivity index (χ0n) is 12.4. The summed E-state index contributed by atoms with van der Waals surface area (Å²) in [6.45, 7) is 0.359. The number of nitrogen functional groups attached to an aromatic ring is 1. The molecule has 2 rings (SSSR count). The van der Waals surface area contributed by atoms with Crippen molar-refractivity contribution in [3.8, 4) is 0 Å². The fourth-order valence-electron chi connectivity index (χ4n) is 1.88. The Labute approximate surface area is 137 Å². The minimum atomic E-state index is -1.08. The Hall–Kier alpha value is -2.16.